The van der Waals surface area contributed by atoms with Gasteiger partial charge in [-0.1, -0.05) is 18.2 Å². The molecular formula is C14H14N2O2. The Balaban J connectivity index is 1.92. The summed E-state index contributed by atoms with van der Waals surface area (Å²) in [6.07, 6.45) is 0. The summed E-state index contributed by atoms with van der Waals surface area (Å²) in [6, 6.07) is 13.1. The van der Waals surface area contributed by atoms with Gasteiger partial charge in [0, 0.05) is 5.69 Å². The highest BCUT2D eigenvalue weighted by Crippen LogP contribution is 2.35. The Labute approximate surface area is 105 Å². The first-order chi connectivity index (χ1) is 8.74. The summed E-state index contributed by atoms with van der Waals surface area (Å²) >= 11 is 0. The zero-order chi connectivity index (χ0) is 12.5. The average molecular weight is 242 g/mol. The van der Waals surface area contributed by atoms with Crippen molar-refractivity contribution < 1.29 is 9.47 Å². The van der Waals surface area contributed by atoms with Crippen molar-refractivity contribution in [2.24, 2.45) is 5.73 Å². The molecule has 0 radical (unpaired) electrons. The monoisotopic (exact) mass is 242 g/mol. The molecule has 4 N–H and O–H groups in total. The fraction of sp³-hybridized carbons (Fsp3) is 0.143. The predicted molar refractivity (Wildman–Crippen MR) is 69.4 cm³/mol. The second-order valence-electron chi connectivity index (χ2n) is 4.26. The topological polar surface area (TPSA) is 70.5 Å². The van der Waals surface area contributed by atoms with Gasteiger partial charge >= 0.3 is 0 Å². The van der Waals surface area contributed by atoms with Gasteiger partial charge in [-0.05, 0) is 35.4 Å². The maximum absolute atomic E-state index is 6.22. The Hall–Kier alpha value is -2.20. The number of hydrogen-bond acceptors (Lipinski definition) is 4. The van der Waals surface area contributed by atoms with E-state index in [1.165, 1.54) is 0 Å². The maximum Gasteiger partial charge on any atom is 0.231 e. The molecule has 0 fully saturated rings. The van der Waals surface area contributed by atoms with E-state index in [9.17, 15) is 0 Å². The first-order valence-electron chi connectivity index (χ1n) is 5.74. The van der Waals surface area contributed by atoms with Gasteiger partial charge in [0.05, 0.1) is 6.04 Å². The molecule has 92 valence electrons. The molecule has 2 aromatic rings. The minimum absolute atomic E-state index is 0.194. The van der Waals surface area contributed by atoms with Crippen molar-refractivity contribution in [1.29, 1.82) is 0 Å². The van der Waals surface area contributed by atoms with Gasteiger partial charge in [-0.3, -0.25) is 0 Å². The van der Waals surface area contributed by atoms with Crippen molar-refractivity contribution in [3.8, 4) is 11.5 Å². The van der Waals surface area contributed by atoms with E-state index < -0.39 is 0 Å². The molecule has 1 unspecified atom stereocenters. The normalized spacial score (nSPS) is 14.5. The Morgan fingerprint density at radius 1 is 0.889 bits per heavy atom. The van der Waals surface area contributed by atoms with Crippen LogP contribution in [0.5, 0.6) is 11.5 Å². The van der Waals surface area contributed by atoms with E-state index in [4.69, 9.17) is 20.9 Å². The van der Waals surface area contributed by atoms with E-state index >= 15 is 0 Å². The Bertz CT molecular complexity index is 567. The molecule has 0 aliphatic carbocycles. The molecule has 0 saturated carbocycles. The molecule has 3 rings (SSSR count). The fourth-order valence-corrected chi connectivity index (χ4v) is 2.00. The highest BCUT2D eigenvalue weighted by atomic mass is 16.7. The molecule has 18 heavy (non-hydrogen) atoms. The summed E-state index contributed by atoms with van der Waals surface area (Å²) in [5, 5.41) is 0. The van der Waals surface area contributed by atoms with Gasteiger partial charge in [-0.2, -0.15) is 0 Å². The lowest BCUT2D eigenvalue weighted by Gasteiger charge is -2.13. The van der Waals surface area contributed by atoms with Crippen LogP contribution in [0.25, 0.3) is 0 Å². The molecule has 1 heterocycles. The van der Waals surface area contributed by atoms with Crippen molar-refractivity contribution in [3.05, 3.63) is 53.6 Å². The van der Waals surface area contributed by atoms with Crippen LogP contribution in [-0.2, 0) is 0 Å². The highest BCUT2D eigenvalue weighted by Gasteiger charge is 2.16. The van der Waals surface area contributed by atoms with Crippen LogP contribution in [0.3, 0.4) is 0 Å². The zero-order valence-electron chi connectivity index (χ0n) is 9.80. The molecule has 2 aromatic carbocycles. The summed E-state index contributed by atoms with van der Waals surface area (Å²) in [6.45, 7) is 0.274. The number of nitrogen functional groups attached to an aromatic ring is 1. The van der Waals surface area contributed by atoms with Gasteiger partial charge in [0.25, 0.3) is 0 Å². The smallest absolute Gasteiger partial charge is 0.231 e. The molecular weight excluding hydrogens is 228 g/mol. The van der Waals surface area contributed by atoms with E-state index in [0.717, 1.165) is 28.3 Å². The molecule has 1 atom stereocenters. The first-order valence-corrected chi connectivity index (χ1v) is 5.74. The third kappa shape index (κ3) is 1.87. The highest BCUT2D eigenvalue weighted by molar-refractivity contribution is 5.48. The molecule has 1 aliphatic rings. The van der Waals surface area contributed by atoms with Crippen molar-refractivity contribution in [2.75, 3.05) is 12.5 Å². The van der Waals surface area contributed by atoms with Crippen molar-refractivity contribution >= 4 is 5.69 Å². The third-order valence-corrected chi connectivity index (χ3v) is 3.05. The Kier molecular flexibility index (Phi) is 2.57. The van der Waals surface area contributed by atoms with E-state index in [1.807, 2.05) is 42.5 Å². The largest absolute Gasteiger partial charge is 0.454 e. The zero-order valence-corrected chi connectivity index (χ0v) is 9.80. The minimum atomic E-state index is -0.194. The Morgan fingerprint density at radius 2 is 1.56 bits per heavy atom. The maximum atomic E-state index is 6.22. The van der Waals surface area contributed by atoms with Crippen LogP contribution in [0.2, 0.25) is 0 Å². The lowest BCUT2D eigenvalue weighted by atomic mass is 9.99. The van der Waals surface area contributed by atoms with Crippen LogP contribution < -0.4 is 20.9 Å². The molecule has 0 amide bonds. The number of fused-ring (bicyclic) bond motifs is 1. The minimum Gasteiger partial charge on any atom is -0.454 e. The molecule has 4 heteroatoms. The van der Waals surface area contributed by atoms with Gasteiger partial charge in [0.15, 0.2) is 11.5 Å². The van der Waals surface area contributed by atoms with Gasteiger partial charge in [-0.25, -0.2) is 0 Å². The lowest BCUT2D eigenvalue weighted by molar-refractivity contribution is 0.174. The SMILES string of the molecule is Nc1ccc(C(N)c2ccc3c(c2)OCO3)cc1. The number of nitrogens with two attached hydrogens (primary N) is 2. The number of hydrogen-bond donors (Lipinski definition) is 2. The van der Waals surface area contributed by atoms with Crippen LogP contribution >= 0.6 is 0 Å². The third-order valence-electron chi connectivity index (χ3n) is 3.05. The molecule has 0 bridgehead atoms. The average Bonchev–Trinajstić information content (AvgIpc) is 2.86. The number of anilines is 1. The molecule has 0 aromatic heterocycles. The summed E-state index contributed by atoms with van der Waals surface area (Å²) < 4.78 is 10.6. The standard InChI is InChI=1S/C14H14N2O2/c15-11-4-1-9(2-5-11)14(16)10-3-6-12-13(7-10)18-8-17-12/h1-7,14H,8,15-16H2. The van der Waals surface area contributed by atoms with Crippen LogP contribution in [0, 0.1) is 0 Å². The van der Waals surface area contributed by atoms with Gasteiger partial charge in [0.2, 0.25) is 6.79 Å². The van der Waals surface area contributed by atoms with Crippen LogP contribution in [-0.4, -0.2) is 6.79 Å². The van der Waals surface area contributed by atoms with E-state index in [-0.39, 0.29) is 12.8 Å². The lowest BCUT2D eigenvalue weighted by Crippen LogP contribution is -2.11. The van der Waals surface area contributed by atoms with Crippen molar-refractivity contribution in [2.45, 2.75) is 6.04 Å². The van der Waals surface area contributed by atoms with Gasteiger partial charge in [0.1, 0.15) is 0 Å². The second kappa shape index (κ2) is 4.23. The summed E-state index contributed by atoms with van der Waals surface area (Å²) in [5.74, 6) is 1.52. The molecule has 1 aliphatic heterocycles. The second-order valence-corrected chi connectivity index (χ2v) is 4.26. The summed E-state index contributed by atoms with van der Waals surface area (Å²) in [7, 11) is 0. The molecule has 4 nitrogen and oxygen atoms in total. The van der Waals surface area contributed by atoms with E-state index in [0.29, 0.717) is 0 Å². The molecule has 0 saturated heterocycles. The number of ether oxygens (including phenoxy) is 2. The van der Waals surface area contributed by atoms with E-state index in [1.54, 1.807) is 0 Å². The van der Waals surface area contributed by atoms with Crippen LogP contribution in [0.15, 0.2) is 42.5 Å². The number of benzene rings is 2. The van der Waals surface area contributed by atoms with Crippen LogP contribution in [0.4, 0.5) is 5.69 Å². The fourth-order valence-electron chi connectivity index (χ4n) is 2.00. The van der Waals surface area contributed by atoms with Crippen LogP contribution in [0.1, 0.15) is 17.2 Å². The van der Waals surface area contributed by atoms with Gasteiger partial charge in [-0.15, -0.1) is 0 Å². The van der Waals surface area contributed by atoms with Gasteiger partial charge < -0.3 is 20.9 Å². The quantitative estimate of drug-likeness (QED) is 0.791. The van der Waals surface area contributed by atoms with Crippen molar-refractivity contribution in [3.63, 3.8) is 0 Å². The first kappa shape index (κ1) is 10.9. The van der Waals surface area contributed by atoms with E-state index in [2.05, 4.69) is 0 Å². The van der Waals surface area contributed by atoms with Crippen molar-refractivity contribution in [1.82, 2.24) is 0 Å². The predicted octanol–water partition coefficient (Wildman–Crippen LogP) is 2.05. The summed E-state index contributed by atoms with van der Waals surface area (Å²) in [5.41, 5.74) is 14.6. The number of rotatable bonds is 2. The molecule has 0 spiro atoms. The Morgan fingerprint density at radius 3 is 2.33 bits per heavy atom. The summed E-state index contributed by atoms with van der Waals surface area (Å²) in [4.78, 5) is 0.